The largest absolute Gasteiger partial charge is 0.380 e. The van der Waals surface area contributed by atoms with Crippen LogP contribution in [0, 0.1) is 0 Å². The van der Waals surface area contributed by atoms with E-state index < -0.39 is 0 Å². The van der Waals surface area contributed by atoms with E-state index in [4.69, 9.17) is 10.5 Å². The summed E-state index contributed by atoms with van der Waals surface area (Å²) in [5.74, 6) is 0. The number of hydrogen-bond donors (Lipinski definition) is 2. The van der Waals surface area contributed by atoms with Crippen molar-refractivity contribution in [2.75, 3.05) is 20.2 Å². The maximum absolute atomic E-state index is 5.42. The first-order valence-electron chi connectivity index (χ1n) is 5.34. The van der Waals surface area contributed by atoms with Gasteiger partial charge in [0.15, 0.2) is 0 Å². The predicted octanol–water partition coefficient (Wildman–Crippen LogP) is 0.882. The molecule has 0 saturated heterocycles. The zero-order valence-electron chi connectivity index (χ0n) is 8.59. The number of methoxy groups -OCH3 is 1. The van der Waals surface area contributed by atoms with Gasteiger partial charge in [-0.25, -0.2) is 0 Å². The molecule has 1 aliphatic rings. The minimum atomic E-state index is 0.442. The molecule has 1 saturated carbocycles. The number of rotatable bonds is 6. The van der Waals surface area contributed by atoms with E-state index in [2.05, 4.69) is 5.32 Å². The highest BCUT2D eigenvalue weighted by Gasteiger charge is 2.25. The minimum Gasteiger partial charge on any atom is -0.380 e. The number of ether oxygens (including phenoxy) is 1. The Bertz CT molecular complexity index is 130. The van der Waals surface area contributed by atoms with Gasteiger partial charge in [0.25, 0.3) is 0 Å². The second kappa shape index (κ2) is 6.35. The number of unbranched alkanes of at least 4 members (excludes halogenated alkanes) is 1. The number of hydrogen-bond acceptors (Lipinski definition) is 3. The van der Waals surface area contributed by atoms with Crippen molar-refractivity contribution in [2.45, 2.75) is 44.2 Å². The molecule has 3 N–H and O–H groups in total. The van der Waals surface area contributed by atoms with Crippen molar-refractivity contribution in [2.24, 2.45) is 5.73 Å². The molecular formula is C10H22N2O. The van der Waals surface area contributed by atoms with Crippen LogP contribution in [0.5, 0.6) is 0 Å². The van der Waals surface area contributed by atoms with Gasteiger partial charge >= 0.3 is 0 Å². The van der Waals surface area contributed by atoms with Gasteiger partial charge in [-0.1, -0.05) is 0 Å². The average Bonchev–Trinajstić information content (AvgIpc) is 2.60. The molecular weight excluding hydrogens is 164 g/mol. The second-order valence-electron chi connectivity index (χ2n) is 3.76. The number of nitrogens with two attached hydrogens (primary N) is 1. The standard InChI is InChI=1S/C10H22N2O/c1-13-10-6-4-5-9(10)12-8-3-2-7-11/h9-10,12H,2-8,11H2,1H3. The van der Waals surface area contributed by atoms with Gasteiger partial charge in [0.2, 0.25) is 0 Å². The molecule has 3 heteroatoms. The molecule has 0 bridgehead atoms. The average molecular weight is 186 g/mol. The minimum absolute atomic E-state index is 0.442. The monoisotopic (exact) mass is 186 g/mol. The van der Waals surface area contributed by atoms with E-state index >= 15 is 0 Å². The van der Waals surface area contributed by atoms with Crippen LogP contribution in [0.4, 0.5) is 0 Å². The SMILES string of the molecule is COC1CCCC1NCCCCN. The van der Waals surface area contributed by atoms with Crippen LogP contribution < -0.4 is 11.1 Å². The fourth-order valence-electron chi connectivity index (χ4n) is 2.00. The third kappa shape index (κ3) is 3.63. The highest BCUT2D eigenvalue weighted by Crippen LogP contribution is 2.21. The molecule has 2 unspecified atom stereocenters. The third-order valence-electron chi connectivity index (χ3n) is 2.79. The van der Waals surface area contributed by atoms with Crippen LogP contribution >= 0.6 is 0 Å². The van der Waals surface area contributed by atoms with Crippen LogP contribution in [0.15, 0.2) is 0 Å². The van der Waals surface area contributed by atoms with E-state index in [1.165, 1.54) is 25.7 Å². The molecule has 0 heterocycles. The molecule has 0 aromatic rings. The Balaban J connectivity index is 2.06. The summed E-state index contributed by atoms with van der Waals surface area (Å²) in [5, 5.41) is 3.54. The van der Waals surface area contributed by atoms with Gasteiger partial charge in [-0.05, 0) is 45.2 Å². The third-order valence-corrected chi connectivity index (χ3v) is 2.79. The first-order chi connectivity index (χ1) is 6.38. The zero-order chi connectivity index (χ0) is 9.52. The molecule has 0 aromatic heterocycles. The Morgan fingerprint density at radius 2 is 2.23 bits per heavy atom. The molecule has 78 valence electrons. The summed E-state index contributed by atoms with van der Waals surface area (Å²) < 4.78 is 5.39. The van der Waals surface area contributed by atoms with E-state index in [1.807, 2.05) is 7.11 Å². The van der Waals surface area contributed by atoms with Gasteiger partial charge in [0.05, 0.1) is 6.10 Å². The Morgan fingerprint density at radius 1 is 1.38 bits per heavy atom. The molecule has 0 amide bonds. The summed E-state index contributed by atoms with van der Waals surface area (Å²) in [5.41, 5.74) is 5.42. The summed E-state index contributed by atoms with van der Waals surface area (Å²) in [4.78, 5) is 0. The maximum atomic E-state index is 5.42. The topological polar surface area (TPSA) is 47.3 Å². The van der Waals surface area contributed by atoms with Crippen molar-refractivity contribution in [3.63, 3.8) is 0 Å². The Labute approximate surface area is 81.0 Å². The first kappa shape index (κ1) is 11.0. The number of nitrogens with one attached hydrogen (secondary N) is 1. The molecule has 0 radical (unpaired) electrons. The van der Waals surface area contributed by atoms with Crippen LogP contribution in [0.1, 0.15) is 32.1 Å². The smallest absolute Gasteiger partial charge is 0.0724 e. The summed E-state index contributed by atoms with van der Waals surface area (Å²) in [6.45, 7) is 1.89. The second-order valence-corrected chi connectivity index (χ2v) is 3.76. The fraction of sp³-hybridized carbons (Fsp3) is 1.00. The Morgan fingerprint density at radius 3 is 2.92 bits per heavy atom. The predicted molar refractivity (Wildman–Crippen MR) is 54.7 cm³/mol. The van der Waals surface area contributed by atoms with Gasteiger partial charge in [-0.3, -0.25) is 0 Å². The summed E-state index contributed by atoms with van der Waals surface area (Å²) in [7, 11) is 1.81. The lowest BCUT2D eigenvalue weighted by Gasteiger charge is -2.19. The molecule has 0 aromatic carbocycles. The van der Waals surface area contributed by atoms with Crippen LogP contribution in [0.3, 0.4) is 0 Å². The van der Waals surface area contributed by atoms with Crippen molar-refractivity contribution < 1.29 is 4.74 Å². The summed E-state index contributed by atoms with van der Waals surface area (Å²) in [6.07, 6.45) is 6.53. The van der Waals surface area contributed by atoms with E-state index in [1.54, 1.807) is 0 Å². The van der Waals surface area contributed by atoms with Gasteiger partial charge in [-0.15, -0.1) is 0 Å². The van der Waals surface area contributed by atoms with E-state index in [-0.39, 0.29) is 0 Å². The van der Waals surface area contributed by atoms with E-state index in [9.17, 15) is 0 Å². The van der Waals surface area contributed by atoms with Crippen molar-refractivity contribution in [1.29, 1.82) is 0 Å². The fourth-order valence-corrected chi connectivity index (χ4v) is 2.00. The van der Waals surface area contributed by atoms with Crippen LogP contribution in [-0.4, -0.2) is 32.3 Å². The van der Waals surface area contributed by atoms with Gasteiger partial charge in [-0.2, -0.15) is 0 Å². The highest BCUT2D eigenvalue weighted by atomic mass is 16.5. The highest BCUT2D eigenvalue weighted by molar-refractivity contribution is 4.83. The Kier molecular flexibility index (Phi) is 5.35. The van der Waals surface area contributed by atoms with Crippen LogP contribution in [-0.2, 0) is 4.74 Å². The van der Waals surface area contributed by atoms with Gasteiger partial charge in [0.1, 0.15) is 0 Å². The van der Waals surface area contributed by atoms with Crippen molar-refractivity contribution in [3.8, 4) is 0 Å². The molecule has 1 fully saturated rings. The molecule has 2 atom stereocenters. The normalized spacial score (nSPS) is 28.2. The van der Waals surface area contributed by atoms with Gasteiger partial charge < -0.3 is 15.8 Å². The maximum Gasteiger partial charge on any atom is 0.0724 e. The van der Waals surface area contributed by atoms with Crippen molar-refractivity contribution >= 4 is 0 Å². The first-order valence-corrected chi connectivity index (χ1v) is 5.34. The van der Waals surface area contributed by atoms with Crippen molar-refractivity contribution in [1.82, 2.24) is 5.32 Å². The molecule has 1 aliphatic carbocycles. The van der Waals surface area contributed by atoms with Gasteiger partial charge in [0, 0.05) is 13.2 Å². The van der Waals surface area contributed by atoms with Crippen LogP contribution in [0.25, 0.3) is 0 Å². The summed E-state index contributed by atoms with van der Waals surface area (Å²) in [6, 6.07) is 0.586. The van der Waals surface area contributed by atoms with Crippen molar-refractivity contribution in [3.05, 3.63) is 0 Å². The lowest BCUT2D eigenvalue weighted by molar-refractivity contribution is 0.0852. The van der Waals surface area contributed by atoms with E-state index in [0.29, 0.717) is 12.1 Å². The molecule has 0 aliphatic heterocycles. The van der Waals surface area contributed by atoms with Crippen LogP contribution in [0.2, 0.25) is 0 Å². The molecule has 3 nitrogen and oxygen atoms in total. The Hall–Kier alpha value is -0.120. The molecule has 13 heavy (non-hydrogen) atoms. The quantitative estimate of drug-likeness (QED) is 0.605. The lowest BCUT2D eigenvalue weighted by Crippen LogP contribution is -2.37. The summed E-state index contributed by atoms with van der Waals surface area (Å²) >= 11 is 0. The molecule has 1 rings (SSSR count). The van der Waals surface area contributed by atoms with E-state index in [0.717, 1.165) is 19.5 Å². The molecule has 0 spiro atoms. The lowest BCUT2D eigenvalue weighted by atomic mass is 10.2. The zero-order valence-corrected chi connectivity index (χ0v) is 8.59.